The minimum Gasteiger partial charge on any atom is -0.434 e. The molecule has 0 bridgehead atoms. The van der Waals surface area contributed by atoms with E-state index in [2.05, 4.69) is 25.4 Å². The number of halogens is 6. The highest BCUT2D eigenvalue weighted by atomic mass is 79.9. The van der Waals surface area contributed by atoms with Gasteiger partial charge >= 0.3 is 13.0 Å². The molecule has 106 valence electrons. The molecule has 1 aromatic carbocycles. The van der Waals surface area contributed by atoms with Crippen molar-refractivity contribution in [2.45, 2.75) is 13.0 Å². The number of rotatable bonds is 5. The quantitative estimate of drug-likeness (QED) is 0.461. The summed E-state index contributed by atoms with van der Waals surface area (Å²) in [4.78, 5) is 11.4. The molecule has 0 heterocycles. The summed E-state index contributed by atoms with van der Waals surface area (Å²) in [6.45, 7) is -3.20. The monoisotopic (exact) mass is 348 g/mol. The molecule has 0 N–H and O–H groups in total. The van der Waals surface area contributed by atoms with Crippen molar-refractivity contribution >= 4 is 21.7 Å². The van der Waals surface area contributed by atoms with Gasteiger partial charge in [-0.2, -0.15) is 8.78 Å². The average molecular weight is 349 g/mol. The maximum Gasteiger partial charge on any atom is 0.573 e. The second kappa shape index (κ2) is 6.18. The molecule has 0 saturated carbocycles. The Balaban J connectivity index is 3.11. The standard InChI is InChI=1S/C10H6BrF5O3/c11-4-7(17)6-3-5(19-10(14,15)16)1-2-8(6)18-9(12)13/h1-3,9H,4H2. The molecule has 3 nitrogen and oxygen atoms in total. The van der Waals surface area contributed by atoms with Gasteiger partial charge < -0.3 is 9.47 Å². The van der Waals surface area contributed by atoms with Crippen molar-refractivity contribution in [3.05, 3.63) is 23.8 Å². The van der Waals surface area contributed by atoms with Gasteiger partial charge in [0.1, 0.15) is 11.5 Å². The predicted octanol–water partition coefficient (Wildman–Crippen LogP) is 3.76. The van der Waals surface area contributed by atoms with E-state index in [9.17, 15) is 26.7 Å². The highest BCUT2D eigenvalue weighted by Crippen LogP contribution is 2.30. The van der Waals surface area contributed by atoms with Gasteiger partial charge in [0.15, 0.2) is 5.78 Å². The van der Waals surface area contributed by atoms with Crippen LogP contribution in [0.3, 0.4) is 0 Å². The summed E-state index contributed by atoms with van der Waals surface area (Å²) in [6.07, 6.45) is -4.94. The molecule has 0 atom stereocenters. The largest absolute Gasteiger partial charge is 0.573 e. The van der Waals surface area contributed by atoms with Crippen LogP contribution in [0.4, 0.5) is 22.0 Å². The fourth-order valence-electron chi connectivity index (χ4n) is 1.19. The molecule has 0 aliphatic heterocycles. The Morgan fingerprint density at radius 2 is 1.95 bits per heavy atom. The first-order valence-electron chi connectivity index (χ1n) is 4.66. The highest BCUT2D eigenvalue weighted by molar-refractivity contribution is 9.09. The minimum atomic E-state index is -4.94. The van der Waals surface area contributed by atoms with E-state index in [0.29, 0.717) is 6.07 Å². The SMILES string of the molecule is O=C(CBr)c1cc(OC(F)(F)F)ccc1OC(F)F. The fourth-order valence-corrected chi connectivity index (χ4v) is 1.50. The van der Waals surface area contributed by atoms with Crippen LogP contribution in [-0.2, 0) is 0 Å². The smallest absolute Gasteiger partial charge is 0.434 e. The minimum absolute atomic E-state index is 0.262. The van der Waals surface area contributed by atoms with Gasteiger partial charge in [-0.05, 0) is 18.2 Å². The Kier molecular flexibility index (Phi) is 5.10. The van der Waals surface area contributed by atoms with E-state index >= 15 is 0 Å². The van der Waals surface area contributed by atoms with Gasteiger partial charge in [0.2, 0.25) is 0 Å². The number of alkyl halides is 6. The molecule has 0 fully saturated rings. The van der Waals surface area contributed by atoms with Crippen LogP contribution < -0.4 is 9.47 Å². The molecule has 1 aromatic rings. The topological polar surface area (TPSA) is 35.5 Å². The van der Waals surface area contributed by atoms with Gasteiger partial charge in [0.25, 0.3) is 0 Å². The third-order valence-electron chi connectivity index (χ3n) is 1.82. The Bertz CT molecular complexity index is 461. The Hall–Kier alpha value is -1.38. The van der Waals surface area contributed by atoms with E-state index in [-0.39, 0.29) is 5.33 Å². The Morgan fingerprint density at radius 3 is 2.42 bits per heavy atom. The summed E-state index contributed by atoms with van der Waals surface area (Å²) < 4.78 is 67.8. The second-order valence-electron chi connectivity index (χ2n) is 3.14. The Labute approximate surface area is 112 Å². The number of benzene rings is 1. The molecule has 1 rings (SSSR count). The lowest BCUT2D eigenvalue weighted by Gasteiger charge is -2.13. The van der Waals surface area contributed by atoms with Crippen LogP contribution in [0, 0.1) is 0 Å². The van der Waals surface area contributed by atoms with Gasteiger partial charge in [-0.15, -0.1) is 13.2 Å². The highest BCUT2D eigenvalue weighted by Gasteiger charge is 2.31. The molecule has 0 unspecified atom stereocenters. The van der Waals surface area contributed by atoms with Gasteiger partial charge in [-0.3, -0.25) is 4.79 Å². The number of ketones is 1. The predicted molar refractivity (Wildman–Crippen MR) is 57.9 cm³/mol. The lowest BCUT2D eigenvalue weighted by Crippen LogP contribution is -2.18. The maximum atomic E-state index is 12.1. The van der Waals surface area contributed by atoms with Crippen molar-refractivity contribution in [3.63, 3.8) is 0 Å². The van der Waals surface area contributed by atoms with Crippen LogP contribution in [0.2, 0.25) is 0 Å². The number of Topliss-reactive ketones (excluding diaryl/α,β-unsaturated/α-hetero) is 1. The zero-order chi connectivity index (χ0) is 14.6. The van der Waals surface area contributed by atoms with Crippen LogP contribution in [-0.4, -0.2) is 24.1 Å². The molecule has 0 aliphatic rings. The van der Waals surface area contributed by atoms with E-state index in [0.717, 1.165) is 12.1 Å². The van der Waals surface area contributed by atoms with Gasteiger partial charge in [0, 0.05) is 0 Å². The van der Waals surface area contributed by atoms with Crippen LogP contribution in [0.1, 0.15) is 10.4 Å². The maximum absolute atomic E-state index is 12.1. The first-order valence-corrected chi connectivity index (χ1v) is 5.79. The zero-order valence-electron chi connectivity index (χ0n) is 9.01. The molecule has 9 heteroatoms. The zero-order valence-corrected chi connectivity index (χ0v) is 10.6. The molecule has 0 saturated heterocycles. The third kappa shape index (κ3) is 5.01. The molecular weight excluding hydrogens is 343 g/mol. The number of carbonyl (C=O) groups is 1. The van der Waals surface area contributed by atoms with Crippen LogP contribution in [0.5, 0.6) is 11.5 Å². The lowest BCUT2D eigenvalue weighted by atomic mass is 10.1. The normalized spacial score (nSPS) is 11.5. The molecule has 0 spiro atoms. The number of hydrogen-bond acceptors (Lipinski definition) is 3. The van der Waals surface area contributed by atoms with Crippen molar-refractivity contribution in [2.75, 3.05) is 5.33 Å². The first kappa shape index (κ1) is 15.7. The van der Waals surface area contributed by atoms with Crippen molar-refractivity contribution in [3.8, 4) is 11.5 Å². The summed E-state index contributed by atoms with van der Waals surface area (Å²) in [5.74, 6) is -1.93. The van der Waals surface area contributed by atoms with Gasteiger partial charge in [-0.25, -0.2) is 0 Å². The second-order valence-corrected chi connectivity index (χ2v) is 3.70. The number of hydrogen-bond donors (Lipinski definition) is 0. The van der Waals surface area contributed by atoms with Crippen molar-refractivity contribution in [1.82, 2.24) is 0 Å². The van der Waals surface area contributed by atoms with E-state index in [1.54, 1.807) is 0 Å². The Morgan fingerprint density at radius 1 is 1.32 bits per heavy atom. The van der Waals surface area contributed by atoms with Crippen molar-refractivity contribution in [2.24, 2.45) is 0 Å². The molecular formula is C10H6BrF5O3. The fraction of sp³-hybridized carbons (Fsp3) is 0.300. The molecule has 0 radical (unpaired) electrons. The summed E-state index contributed by atoms with van der Waals surface area (Å²) in [7, 11) is 0. The van der Waals surface area contributed by atoms with Gasteiger partial charge in [0.05, 0.1) is 10.9 Å². The van der Waals surface area contributed by atoms with Crippen molar-refractivity contribution < 1.29 is 36.2 Å². The lowest BCUT2D eigenvalue weighted by molar-refractivity contribution is -0.274. The van der Waals surface area contributed by atoms with Crippen molar-refractivity contribution in [1.29, 1.82) is 0 Å². The first-order chi connectivity index (χ1) is 8.73. The average Bonchev–Trinajstić information content (AvgIpc) is 2.27. The van der Waals surface area contributed by atoms with E-state index in [4.69, 9.17) is 0 Å². The van der Waals surface area contributed by atoms with E-state index < -0.39 is 35.8 Å². The summed E-state index contributed by atoms with van der Waals surface area (Å²) in [5, 5.41) is -0.262. The van der Waals surface area contributed by atoms with Crippen LogP contribution in [0.25, 0.3) is 0 Å². The summed E-state index contributed by atoms with van der Waals surface area (Å²) in [6, 6.07) is 2.27. The van der Waals surface area contributed by atoms with Gasteiger partial charge in [-0.1, -0.05) is 15.9 Å². The van der Waals surface area contributed by atoms with E-state index in [1.165, 1.54) is 0 Å². The van der Waals surface area contributed by atoms with E-state index in [1.807, 2.05) is 0 Å². The molecule has 0 amide bonds. The number of carbonyl (C=O) groups excluding carboxylic acids is 1. The molecule has 19 heavy (non-hydrogen) atoms. The van der Waals surface area contributed by atoms with Crippen LogP contribution >= 0.6 is 15.9 Å². The summed E-state index contributed by atoms with van der Waals surface area (Å²) >= 11 is 2.78. The molecule has 0 aromatic heterocycles. The molecule has 0 aliphatic carbocycles. The third-order valence-corrected chi connectivity index (χ3v) is 2.33. The number of ether oxygens (including phenoxy) is 2. The van der Waals surface area contributed by atoms with Crippen LogP contribution in [0.15, 0.2) is 18.2 Å². The summed E-state index contributed by atoms with van der Waals surface area (Å²) in [5.41, 5.74) is -0.432.